The van der Waals surface area contributed by atoms with Gasteiger partial charge >= 0.3 is 6.18 Å². The summed E-state index contributed by atoms with van der Waals surface area (Å²) in [5.41, 5.74) is -4.07. The zero-order valence-corrected chi connectivity index (χ0v) is 6.13. The molecule has 74 valence electrons. The van der Waals surface area contributed by atoms with Crippen molar-refractivity contribution in [2.24, 2.45) is 0 Å². The maximum absolute atomic E-state index is 12.9. The van der Waals surface area contributed by atoms with Crippen LogP contribution in [0.4, 0.5) is 26.3 Å². The van der Waals surface area contributed by atoms with E-state index >= 15 is 0 Å². The van der Waals surface area contributed by atoms with E-state index in [1.54, 1.807) is 0 Å². The van der Waals surface area contributed by atoms with Crippen LogP contribution in [0.1, 0.15) is 6.42 Å². The van der Waals surface area contributed by atoms with E-state index < -0.39 is 29.9 Å². The molecule has 0 heterocycles. The minimum absolute atomic E-state index is 0.100. The third kappa shape index (κ3) is 1.57. The molecule has 0 saturated heterocycles. The van der Waals surface area contributed by atoms with Crippen LogP contribution in [0.15, 0.2) is 23.8 Å². The SMILES string of the molecule is FC1=CCC(F)(C(F)(F)F)C(F)=C1. The first-order chi connectivity index (χ1) is 5.77. The Labute approximate surface area is 69.5 Å². The fraction of sp³-hybridized carbons (Fsp3) is 0.429. The Kier molecular flexibility index (Phi) is 2.17. The molecule has 1 rings (SSSR count). The van der Waals surface area contributed by atoms with Crippen molar-refractivity contribution in [3.05, 3.63) is 23.8 Å². The van der Waals surface area contributed by atoms with Crippen LogP contribution in [0.25, 0.3) is 0 Å². The second-order valence-corrected chi connectivity index (χ2v) is 2.58. The molecule has 1 aliphatic rings. The normalized spacial score (nSPS) is 29.7. The van der Waals surface area contributed by atoms with E-state index in [9.17, 15) is 26.3 Å². The first kappa shape index (κ1) is 10.1. The number of alkyl halides is 4. The summed E-state index contributed by atoms with van der Waals surface area (Å²) in [6.07, 6.45) is -6.46. The predicted molar refractivity (Wildman–Crippen MR) is 32.9 cm³/mol. The van der Waals surface area contributed by atoms with Gasteiger partial charge in [-0.2, -0.15) is 13.2 Å². The number of halogens is 6. The van der Waals surface area contributed by atoms with Crippen LogP contribution in [0.5, 0.6) is 0 Å². The first-order valence-corrected chi connectivity index (χ1v) is 3.26. The molecule has 0 aromatic heterocycles. The molecular formula is C7H4F6. The molecule has 1 aliphatic carbocycles. The van der Waals surface area contributed by atoms with Gasteiger partial charge < -0.3 is 0 Å². The van der Waals surface area contributed by atoms with Crippen molar-refractivity contribution in [1.29, 1.82) is 0 Å². The van der Waals surface area contributed by atoms with Crippen LogP contribution in [-0.4, -0.2) is 11.8 Å². The van der Waals surface area contributed by atoms with Crippen LogP contribution in [0.3, 0.4) is 0 Å². The molecule has 0 amide bonds. The van der Waals surface area contributed by atoms with Gasteiger partial charge in [0, 0.05) is 12.5 Å². The number of hydrogen-bond donors (Lipinski definition) is 0. The molecule has 0 aromatic rings. The first-order valence-electron chi connectivity index (χ1n) is 3.26. The maximum Gasteiger partial charge on any atom is 0.429 e. The third-order valence-electron chi connectivity index (χ3n) is 1.67. The molecule has 0 bridgehead atoms. The molecule has 1 unspecified atom stereocenters. The Hall–Kier alpha value is -0.940. The standard InChI is InChI=1S/C7H4F6/c8-4-1-2-6(10,5(9)3-4)7(11,12)13/h1,3H,2H2. The van der Waals surface area contributed by atoms with Gasteiger partial charge in [0.1, 0.15) is 11.7 Å². The van der Waals surface area contributed by atoms with Gasteiger partial charge in [0.2, 0.25) is 0 Å². The lowest BCUT2D eigenvalue weighted by Gasteiger charge is -2.26. The number of rotatable bonds is 0. The van der Waals surface area contributed by atoms with E-state index in [0.717, 1.165) is 0 Å². The van der Waals surface area contributed by atoms with Crippen molar-refractivity contribution in [2.45, 2.75) is 18.3 Å². The van der Waals surface area contributed by atoms with Crippen molar-refractivity contribution in [1.82, 2.24) is 0 Å². The fourth-order valence-corrected chi connectivity index (χ4v) is 0.881. The summed E-state index contributed by atoms with van der Waals surface area (Å²) in [6.45, 7) is 0. The molecule has 0 fully saturated rings. The molecule has 0 aliphatic heterocycles. The van der Waals surface area contributed by atoms with Gasteiger partial charge in [0.15, 0.2) is 0 Å². The summed E-state index contributed by atoms with van der Waals surface area (Å²) in [5.74, 6) is -3.34. The molecule has 6 heteroatoms. The molecule has 13 heavy (non-hydrogen) atoms. The molecule has 1 atom stereocenters. The third-order valence-corrected chi connectivity index (χ3v) is 1.67. The van der Waals surface area contributed by atoms with E-state index in [1.807, 2.05) is 0 Å². The second kappa shape index (κ2) is 2.78. The van der Waals surface area contributed by atoms with Gasteiger partial charge in [0.05, 0.1) is 0 Å². The lowest BCUT2D eigenvalue weighted by Crippen LogP contribution is -2.42. The molecule has 0 aromatic carbocycles. The molecule has 0 N–H and O–H groups in total. The van der Waals surface area contributed by atoms with Crippen molar-refractivity contribution in [3.8, 4) is 0 Å². The Bertz CT molecular complexity index is 273. The predicted octanol–water partition coefficient (Wildman–Crippen LogP) is 3.37. The van der Waals surface area contributed by atoms with Gasteiger partial charge in [-0.25, -0.2) is 13.2 Å². The highest BCUT2D eigenvalue weighted by atomic mass is 19.4. The van der Waals surface area contributed by atoms with Gasteiger partial charge in [-0.05, 0) is 6.08 Å². The highest BCUT2D eigenvalue weighted by Crippen LogP contribution is 2.45. The maximum atomic E-state index is 12.9. The van der Waals surface area contributed by atoms with Crippen LogP contribution in [0.2, 0.25) is 0 Å². The average molecular weight is 202 g/mol. The highest BCUT2D eigenvalue weighted by molar-refractivity contribution is 5.29. The van der Waals surface area contributed by atoms with Gasteiger partial charge in [-0.15, -0.1) is 0 Å². The Morgan fingerprint density at radius 3 is 2.15 bits per heavy atom. The van der Waals surface area contributed by atoms with Crippen molar-refractivity contribution in [3.63, 3.8) is 0 Å². The lowest BCUT2D eigenvalue weighted by molar-refractivity contribution is -0.220. The van der Waals surface area contributed by atoms with E-state index in [-0.39, 0.29) is 6.08 Å². The van der Waals surface area contributed by atoms with Crippen LogP contribution in [-0.2, 0) is 0 Å². The summed E-state index contributed by atoms with van der Waals surface area (Å²) >= 11 is 0. The fourth-order valence-electron chi connectivity index (χ4n) is 0.881. The summed E-state index contributed by atoms with van der Waals surface area (Å²) in [7, 11) is 0. The van der Waals surface area contributed by atoms with Gasteiger partial charge in [0.25, 0.3) is 5.67 Å². The topological polar surface area (TPSA) is 0 Å². The minimum atomic E-state index is -5.36. The van der Waals surface area contributed by atoms with Gasteiger partial charge in [-0.1, -0.05) is 0 Å². The molecule has 0 saturated carbocycles. The average Bonchev–Trinajstić information content (AvgIpc) is 1.95. The lowest BCUT2D eigenvalue weighted by atomic mass is 9.95. The monoisotopic (exact) mass is 202 g/mol. The quantitative estimate of drug-likeness (QED) is 0.528. The van der Waals surface area contributed by atoms with Crippen molar-refractivity contribution >= 4 is 0 Å². The second-order valence-electron chi connectivity index (χ2n) is 2.58. The van der Waals surface area contributed by atoms with Crippen LogP contribution < -0.4 is 0 Å². The summed E-state index contributed by atoms with van der Waals surface area (Å²) in [4.78, 5) is 0. The van der Waals surface area contributed by atoms with E-state index in [4.69, 9.17) is 0 Å². The van der Waals surface area contributed by atoms with Crippen LogP contribution in [0, 0.1) is 0 Å². The Balaban J connectivity index is 3.05. The van der Waals surface area contributed by atoms with Crippen molar-refractivity contribution < 1.29 is 26.3 Å². The zero-order chi connectivity index (χ0) is 10.3. The molecule has 0 spiro atoms. The minimum Gasteiger partial charge on any atom is -0.226 e. The smallest absolute Gasteiger partial charge is 0.226 e. The molecule has 0 nitrogen and oxygen atoms in total. The van der Waals surface area contributed by atoms with Crippen molar-refractivity contribution in [2.75, 3.05) is 0 Å². The summed E-state index contributed by atoms with van der Waals surface area (Å²) in [6, 6.07) is 0. The van der Waals surface area contributed by atoms with E-state index in [1.165, 1.54) is 0 Å². The summed E-state index contributed by atoms with van der Waals surface area (Å²) < 4.78 is 73.2. The zero-order valence-electron chi connectivity index (χ0n) is 6.13. The van der Waals surface area contributed by atoms with E-state index in [0.29, 0.717) is 6.08 Å². The Morgan fingerprint density at radius 1 is 1.23 bits per heavy atom. The highest BCUT2D eigenvalue weighted by Gasteiger charge is 2.59. The van der Waals surface area contributed by atoms with Crippen LogP contribution >= 0.6 is 0 Å². The molecule has 0 radical (unpaired) electrons. The van der Waals surface area contributed by atoms with E-state index in [2.05, 4.69) is 0 Å². The Morgan fingerprint density at radius 2 is 1.77 bits per heavy atom. The number of allylic oxidation sites excluding steroid dienone is 4. The molecular weight excluding hydrogens is 198 g/mol. The largest absolute Gasteiger partial charge is 0.429 e. The summed E-state index contributed by atoms with van der Waals surface area (Å²) in [5, 5.41) is 0. The number of hydrogen-bond acceptors (Lipinski definition) is 0. The van der Waals surface area contributed by atoms with Gasteiger partial charge in [-0.3, -0.25) is 0 Å².